The Morgan fingerprint density at radius 2 is 2.00 bits per heavy atom. The van der Waals surface area contributed by atoms with Crippen LogP contribution >= 0.6 is 7.60 Å². The predicted molar refractivity (Wildman–Crippen MR) is 62.9 cm³/mol. The van der Waals surface area contributed by atoms with Gasteiger partial charge >= 0.3 is 7.60 Å². The van der Waals surface area contributed by atoms with Crippen LogP contribution in [0, 0.1) is 0 Å². The van der Waals surface area contributed by atoms with Crippen molar-refractivity contribution in [1.82, 2.24) is 5.32 Å². The number of carbonyl (C=O) groups is 1. The molecule has 17 heavy (non-hydrogen) atoms. The first-order valence-electron chi connectivity index (χ1n) is 4.85. The highest BCUT2D eigenvalue weighted by Crippen LogP contribution is 2.31. The van der Waals surface area contributed by atoms with Crippen LogP contribution in [0.3, 0.4) is 0 Å². The highest BCUT2D eigenvalue weighted by molar-refractivity contribution is 7.51. The van der Waals surface area contributed by atoms with E-state index < -0.39 is 25.8 Å². The Hall–Kier alpha value is -1.15. The van der Waals surface area contributed by atoms with Crippen LogP contribution in [0.1, 0.15) is 12.8 Å². The van der Waals surface area contributed by atoms with Crippen molar-refractivity contribution in [3.05, 3.63) is 0 Å². The summed E-state index contributed by atoms with van der Waals surface area (Å²) in [5.41, 5.74) is 15.7. The number of guanidine groups is 1. The largest absolute Gasteiger partial charge is 0.370 e. The number of hydrogen-bond donors (Lipinski definition) is 6. The standard InChI is InChI=1S/C7H18N5O4P/c8-5(2-1-3-11-7(9)10)6(13)12-4-17(14,15)16/h5H,1-4,8H2,(H,12,13)(H4,9,10,11)(H2,14,15,16). The van der Waals surface area contributed by atoms with E-state index in [2.05, 4.69) is 10.3 Å². The van der Waals surface area contributed by atoms with Crippen LogP contribution in [0.25, 0.3) is 0 Å². The monoisotopic (exact) mass is 267 g/mol. The molecule has 10 heteroatoms. The second-order valence-electron chi connectivity index (χ2n) is 3.42. The summed E-state index contributed by atoms with van der Waals surface area (Å²) >= 11 is 0. The lowest BCUT2D eigenvalue weighted by Crippen LogP contribution is -2.40. The first-order valence-corrected chi connectivity index (χ1v) is 6.65. The summed E-state index contributed by atoms with van der Waals surface area (Å²) in [5.74, 6) is -0.650. The fourth-order valence-corrected chi connectivity index (χ4v) is 1.32. The fraction of sp³-hybridized carbons (Fsp3) is 0.714. The zero-order valence-electron chi connectivity index (χ0n) is 9.24. The quantitative estimate of drug-likeness (QED) is 0.129. The van der Waals surface area contributed by atoms with E-state index in [0.717, 1.165) is 0 Å². The second-order valence-corrected chi connectivity index (χ2v) is 5.06. The van der Waals surface area contributed by atoms with E-state index in [1.165, 1.54) is 0 Å². The molecule has 1 atom stereocenters. The third-order valence-electron chi connectivity index (χ3n) is 1.76. The maximum absolute atomic E-state index is 11.3. The molecule has 0 rings (SSSR count). The van der Waals surface area contributed by atoms with E-state index in [1.807, 2.05) is 0 Å². The van der Waals surface area contributed by atoms with Gasteiger partial charge in [-0.2, -0.15) is 0 Å². The summed E-state index contributed by atoms with van der Waals surface area (Å²) in [6, 6.07) is -0.837. The Bertz CT molecular complexity index is 324. The topological polar surface area (TPSA) is 177 Å². The summed E-state index contributed by atoms with van der Waals surface area (Å²) in [6.45, 7) is 0.349. The lowest BCUT2D eigenvalue weighted by atomic mass is 10.1. The minimum absolute atomic E-state index is 0.0375. The molecule has 100 valence electrons. The third-order valence-corrected chi connectivity index (χ3v) is 2.33. The maximum atomic E-state index is 11.3. The van der Waals surface area contributed by atoms with Crippen molar-refractivity contribution < 1.29 is 19.1 Å². The molecule has 0 heterocycles. The van der Waals surface area contributed by atoms with Crippen molar-refractivity contribution >= 4 is 19.5 Å². The highest BCUT2D eigenvalue weighted by Gasteiger charge is 2.18. The average molecular weight is 267 g/mol. The number of carbonyl (C=O) groups excluding carboxylic acids is 1. The Labute approximate surface area is 98.6 Å². The molecular weight excluding hydrogens is 249 g/mol. The van der Waals surface area contributed by atoms with Gasteiger partial charge in [0.2, 0.25) is 5.91 Å². The van der Waals surface area contributed by atoms with Crippen LogP contribution in [0.4, 0.5) is 0 Å². The SMILES string of the molecule is NC(N)=NCCCC(N)C(=O)NCP(=O)(O)O. The van der Waals surface area contributed by atoms with Gasteiger partial charge in [0, 0.05) is 6.54 Å². The van der Waals surface area contributed by atoms with Gasteiger partial charge in [0.1, 0.15) is 6.29 Å². The van der Waals surface area contributed by atoms with Crippen LogP contribution in [0.5, 0.6) is 0 Å². The smallest absolute Gasteiger partial charge is 0.344 e. The summed E-state index contributed by atoms with van der Waals surface area (Å²) in [7, 11) is -4.25. The summed E-state index contributed by atoms with van der Waals surface area (Å²) in [6.07, 6.45) is 0.111. The van der Waals surface area contributed by atoms with Gasteiger partial charge in [-0.1, -0.05) is 0 Å². The van der Waals surface area contributed by atoms with Crippen molar-refractivity contribution in [3.8, 4) is 0 Å². The molecule has 1 amide bonds. The molecule has 1 unspecified atom stereocenters. The Kier molecular flexibility index (Phi) is 6.74. The maximum Gasteiger partial charge on any atom is 0.344 e. The molecule has 0 aliphatic heterocycles. The molecule has 0 aromatic heterocycles. The molecule has 0 aliphatic carbocycles. The second kappa shape index (κ2) is 7.23. The molecule has 0 aromatic rings. The molecule has 0 saturated carbocycles. The van der Waals surface area contributed by atoms with Crippen LogP contribution in [0.2, 0.25) is 0 Å². The first kappa shape index (κ1) is 15.9. The molecule has 9 nitrogen and oxygen atoms in total. The van der Waals surface area contributed by atoms with E-state index in [0.29, 0.717) is 19.4 Å². The normalized spacial score (nSPS) is 12.9. The number of nitrogens with zero attached hydrogens (tertiary/aromatic N) is 1. The van der Waals surface area contributed by atoms with Gasteiger partial charge in [0.05, 0.1) is 6.04 Å². The molecule has 9 N–H and O–H groups in total. The van der Waals surface area contributed by atoms with E-state index in [1.54, 1.807) is 0 Å². The Morgan fingerprint density at radius 1 is 1.41 bits per heavy atom. The van der Waals surface area contributed by atoms with Crippen LogP contribution in [-0.4, -0.2) is 40.5 Å². The summed E-state index contributed by atoms with van der Waals surface area (Å²) in [5, 5.41) is 2.06. The molecule has 0 saturated heterocycles. The van der Waals surface area contributed by atoms with E-state index in [9.17, 15) is 9.36 Å². The van der Waals surface area contributed by atoms with Gasteiger partial charge in [-0.25, -0.2) is 0 Å². The van der Waals surface area contributed by atoms with Gasteiger partial charge < -0.3 is 32.3 Å². The van der Waals surface area contributed by atoms with Crippen LogP contribution in [0.15, 0.2) is 4.99 Å². The minimum Gasteiger partial charge on any atom is -0.370 e. The number of amides is 1. The van der Waals surface area contributed by atoms with Crippen molar-refractivity contribution in [2.45, 2.75) is 18.9 Å². The van der Waals surface area contributed by atoms with Gasteiger partial charge in [-0.15, -0.1) is 0 Å². The highest BCUT2D eigenvalue weighted by atomic mass is 31.2. The van der Waals surface area contributed by atoms with Gasteiger partial charge in [-0.05, 0) is 12.8 Å². The van der Waals surface area contributed by atoms with Crippen molar-refractivity contribution in [3.63, 3.8) is 0 Å². The predicted octanol–water partition coefficient (Wildman–Crippen LogP) is -2.38. The molecule has 0 radical (unpaired) electrons. The van der Waals surface area contributed by atoms with E-state index in [-0.39, 0.29) is 5.96 Å². The van der Waals surface area contributed by atoms with E-state index >= 15 is 0 Å². The molecule has 0 fully saturated rings. The van der Waals surface area contributed by atoms with Gasteiger partial charge in [0.15, 0.2) is 5.96 Å². The number of rotatable bonds is 7. The number of hydrogen-bond acceptors (Lipinski definition) is 4. The fourth-order valence-electron chi connectivity index (χ4n) is 0.962. The molecule has 0 spiro atoms. The molecular formula is C7H18N5O4P. The molecule has 0 aliphatic rings. The lowest BCUT2D eigenvalue weighted by Gasteiger charge is -2.12. The zero-order chi connectivity index (χ0) is 13.5. The lowest BCUT2D eigenvalue weighted by molar-refractivity contribution is -0.122. The average Bonchev–Trinajstić information content (AvgIpc) is 2.19. The van der Waals surface area contributed by atoms with Crippen molar-refractivity contribution in [2.75, 3.05) is 12.8 Å². The van der Waals surface area contributed by atoms with Gasteiger partial charge in [-0.3, -0.25) is 14.4 Å². The Balaban J connectivity index is 3.83. The third kappa shape index (κ3) is 9.76. The van der Waals surface area contributed by atoms with Crippen molar-refractivity contribution in [1.29, 1.82) is 0 Å². The zero-order valence-corrected chi connectivity index (χ0v) is 10.1. The minimum atomic E-state index is -4.25. The molecule has 0 bridgehead atoms. The number of aliphatic imine (C=N–C) groups is 1. The van der Waals surface area contributed by atoms with Gasteiger partial charge in [0.25, 0.3) is 0 Å². The van der Waals surface area contributed by atoms with E-state index in [4.69, 9.17) is 27.0 Å². The Morgan fingerprint density at radius 3 is 2.47 bits per heavy atom. The van der Waals surface area contributed by atoms with Crippen LogP contribution < -0.4 is 22.5 Å². The first-order chi connectivity index (χ1) is 7.72. The number of nitrogens with one attached hydrogen (secondary N) is 1. The summed E-state index contributed by atoms with van der Waals surface area (Å²) in [4.78, 5) is 32.0. The van der Waals surface area contributed by atoms with Crippen LogP contribution in [-0.2, 0) is 9.36 Å². The number of nitrogens with two attached hydrogens (primary N) is 3. The van der Waals surface area contributed by atoms with Crippen molar-refractivity contribution in [2.24, 2.45) is 22.2 Å². The molecule has 0 aromatic carbocycles. The summed E-state index contributed by atoms with van der Waals surface area (Å²) < 4.78 is 10.5.